The van der Waals surface area contributed by atoms with Crippen molar-refractivity contribution < 1.29 is 4.74 Å². The van der Waals surface area contributed by atoms with Crippen LogP contribution in [0.5, 0.6) is 0 Å². The van der Waals surface area contributed by atoms with Gasteiger partial charge in [-0.25, -0.2) is 4.98 Å². The Balaban J connectivity index is 1.26. The molecule has 2 N–H and O–H groups in total. The van der Waals surface area contributed by atoms with Crippen LogP contribution >= 0.6 is 0 Å². The Bertz CT molecular complexity index is 998. The number of nitrogens with zero attached hydrogens (tertiary/aromatic N) is 3. The van der Waals surface area contributed by atoms with E-state index in [1.807, 2.05) is 13.1 Å². The molecule has 2 aromatic carbocycles. The maximum absolute atomic E-state index is 6.12. The lowest BCUT2D eigenvalue weighted by molar-refractivity contribution is -0.0265. The molecule has 31 heavy (non-hydrogen) atoms. The highest BCUT2D eigenvalue weighted by Crippen LogP contribution is 2.33. The smallest absolute Gasteiger partial charge is 0.190 e. The predicted octanol–water partition coefficient (Wildman–Crippen LogP) is 4.07. The molecule has 2 unspecified atom stereocenters. The fraction of sp³-hybridized carbons (Fsp3) is 0.440. The lowest BCUT2D eigenvalue weighted by Crippen LogP contribution is -2.42. The molecule has 1 aliphatic heterocycles. The van der Waals surface area contributed by atoms with Gasteiger partial charge in [0.05, 0.1) is 17.1 Å². The van der Waals surface area contributed by atoms with Crippen LogP contribution in [-0.4, -0.2) is 42.3 Å². The average Bonchev–Trinajstić information content (AvgIpc) is 3.14. The number of hydrogen-bond donors (Lipinski definition) is 2. The summed E-state index contributed by atoms with van der Waals surface area (Å²) in [6, 6.07) is 18.9. The van der Waals surface area contributed by atoms with Crippen LogP contribution in [0.3, 0.4) is 0 Å². The molecule has 1 aliphatic rings. The van der Waals surface area contributed by atoms with Crippen LogP contribution in [-0.2, 0) is 11.3 Å². The Morgan fingerprint density at radius 2 is 1.94 bits per heavy atom. The molecule has 0 radical (unpaired) electrons. The molecule has 6 nitrogen and oxygen atoms in total. The molecule has 0 bridgehead atoms. The van der Waals surface area contributed by atoms with Crippen LogP contribution in [0.15, 0.2) is 59.6 Å². The molecule has 4 rings (SSSR count). The number of benzene rings is 2. The highest BCUT2D eigenvalue weighted by Gasteiger charge is 2.27. The van der Waals surface area contributed by atoms with Gasteiger partial charge in [0.15, 0.2) is 5.96 Å². The molecule has 0 amide bonds. The zero-order valence-electron chi connectivity index (χ0n) is 18.6. The van der Waals surface area contributed by atoms with Crippen LogP contribution in [0, 0.1) is 12.8 Å². The van der Waals surface area contributed by atoms with Crippen molar-refractivity contribution in [1.29, 1.82) is 0 Å². The fourth-order valence-electron chi connectivity index (χ4n) is 4.43. The van der Waals surface area contributed by atoms with E-state index in [4.69, 9.17) is 4.74 Å². The van der Waals surface area contributed by atoms with Crippen molar-refractivity contribution in [3.63, 3.8) is 0 Å². The van der Waals surface area contributed by atoms with Gasteiger partial charge in [-0.1, -0.05) is 42.5 Å². The summed E-state index contributed by atoms with van der Waals surface area (Å²) in [6.07, 6.45) is 3.43. The number of guanidine groups is 1. The maximum atomic E-state index is 6.12. The first-order chi connectivity index (χ1) is 15.3. The fourth-order valence-corrected chi connectivity index (χ4v) is 4.43. The number of rotatable bonds is 7. The highest BCUT2D eigenvalue weighted by molar-refractivity contribution is 5.79. The first-order valence-electron chi connectivity index (χ1n) is 11.3. The van der Waals surface area contributed by atoms with Gasteiger partial charge in [0.2, 0.25) is 0 Å². The summed E-state index contributed by atoms with van der Waals surface area (Å²) in [5.41, 5.74) is 3.53. The van der Waals surface area contributed by atoms with Crippen molar-refractivity contribution in [2.45, 2.75) is 38.8 Å². The van der Waals surface area contributed by atoms with E-state index >= 15 is 0 Å². The number of aryl methyl sites for hydroxylation is 2. The van der Waals surface area contributed by atoms with E-state index < -0.39 is 0 Å². The highest BCUT2D eigenvalue weighted by atomic mass is 16.5. The minimum absolute atomic E-state index is 0.151. The maximum Gasteiger partial charge on any atom is 0.190 e. The number of hydrogen-bond acceptors (Lipinski definition) is 3. The first kappa shape index (κ1) is 21.4. The van der Waals surface area contributed by atoms with Crippen molar-refractivity contribution in [1.82, 2.24) is 20.2 Å². The SMILES string of the molecule is CN=C(NCCCn1c(C)nc2ccccc21)NCC1CCCOC1c1ccccc1. The normalized spacial score (nSPS) is 19.5. The van der Waals surface area contributed by atoms with Crippen molar-refractivity contribution in [2.75, 3.05) is 26.7 Å². The number of nitrogens with one attached hydrogen (secondary N) is 2. The van der Waals surface area contributed by atoms with Gasteiger partial charge in [-0.05, 0) is 43.9 Å². The van der Waals surface area contributed by atoms with E-state index in [2.05, 4.69) is 80.6 Å². The predicted molar refractivity (Wildman–Crippen MR) is 126 cm³/mol. The lowest BCUT2D eigenvalue weighted by Gasteiger charge is -2.32. The quantitative estimate of drug-likeness (QED) is 0.344. The third kappa shape index (κ3) is 5.25. The summed E-state index contributed by atoms with van der Waals surface area (Å²) in [7, 11) is 1.83. The van der Waals surface area contributed by atoms with Crippen LogP contribution < -0.4 is 10.6 Å². The van der Waals surface area contributed by atoms with Gasteiger partial charge in [-0.2, -0.15) is 0 Å². The summed E-state index contributed by atoms with van der Waals surface area (Å²) >= 11 is 0. The summed E-state index contributed by atoms with van der Waals surface area (Å²) in [5.74, 6) is 2.35. The molecule has 1 aromatic heterocycles. The molecular formula is C25H33N5O. The van der Waals surface area contributed by atoms with Crippen molar-refractivity contribution in [2.24, 2.45) is 10.9 Å². The molecule has 0 aliphatic carbocycles. The van der Waals surface area contributed by atoms with E-state index in [0.29, 0.717) is 5.92 Å². The molecule has 6 heteroatoms. The summed E-state index contributed by atoms with van der Waals surface area (Å²) in [4.78, 5) is 9.06. The van der Waals surface area contributed by atoms with E-state index in [0.717, 1.165) is 62.8 Å². The minimum atomic E-state index is 0.151. The van der Waals surface area contributed by atoms with Crippen LogP contribution in [0.1, 0.15) is 36.8 Å². The third-order valence-corrected chi connectivity index (χ3v) is 6.02. The topological polar surface area (TPSA) is 63.5 Å². The second-order valence-electron chi connectivity index (χ2n) is 8.14. The number of para-hydroxylation sites is 2. The molecule has 1 saturated heterocycles. The lowest BCUT2D eigenvalue weighted by atomic mass is 9.89. The second-order valence-corrected chi connectivity index (χ2v) is 8.14. The molecule has 1 fully saturated rings. The van der Waals surface area contributed by atoms with E-state index in [1.54, 1.807) is 0 Å². The molecule has 164 valence electrons. The first-order valence-corrected chi connectivity index (χ1v) is 11.3. The van der Waals surface area contributed by atoms with Crippen molar-refractivity contribution in [3.8, 4) is 0 Å². The van der Waals surface area contributed by atoms with E-state index in [1.165, 1.54) is 11.1 Å². The van der Waals surface area contributed by atoms with Crippen LogP contribution in [0.25, 0.3) is 11.0 Å². The third-order valence-electron chi connectivity index (χ3n) is 6.02. The Hall–Kier alpha value is -2.86. The number of aromatic nitrogens is 2. The molecule has 2 heterocycles. The number of aliphatic imine (C=N–C) groups is 1. The number of imidazole rings is 1. The van der Waals surface area contributed by atoms with Gasteiger partial charge in [-0.15, -0.1) is 0 Å². The Kier molecular flexibility index (Phi) is 7.20. The molecular weight excluding hydrogens is 386 g/mol. The van der Waals surface area contributed by atoms with Gasteiger partial charge >= 0.3 is 0 Å². The van der Waals surface area contributed by atoms with Crippen LogP contribution in [0.4, 0.5) is 0 Å². The number of fused-ring (bicyclic) bond motifs is 1. The van der Waals surface area contributed by atoms with Gasteiger partial charge in [0.1, 0.15) is 5.82 Å². The van der Waals surface area contributed by atoms with Gasteiger partial charge in [0, 0.05) is 39.2 Å². The standard InChI is InChI=1S/C25H33N5O/c1-19-29-22-13-6-7-14-23(22)30(19)16-9-15-27-25(26-2)28-18-21-12-8-17-31-24(21)20-10-4-3-5-11-20/h3-7,10-11,13-14,21,24H,8-9,12,15-18H2,1-2H3,(H2,26,27,28). The van der Waals surface area contributed by atoms with Gasteiger partial charge < -0.3 is 19.9 Å². The molecule has 3 aromatic rings. The largest absolute Gasteiger partial charge is 0.373 e. The van der Waals surface area contributed by atoms with Gasteiger partial charge in [-0.3, -0.25) is 4.99 Å². The Morgan fingerprint density at radius 3 is 2.77 bits per heavy atom. The molecule has 0 saturated carbocycles. The average molecular weight is 420 g/mol. The molecule has 0 spiro atoms. The summed E-state index contributed by atoms with van der Waals surface area (Å²) in [6.45, 7) is 5.55. The Labute approximate surface area is 184 Å². The van der Waals surface area contributed by atoms with Crippen molar-refractivity contribution >= 4 is 17.0 Å². The zero-order valence-corrected chi connectivity index (χ0v) is 18.6. The zero-order chi connectivity index (χ0) is 21.5. The van der Waals surface area contributed by atoms with Crippen molar-refractivity contribution in [3.05, 3.63) is 66.0 Å². The van der Waals surface area contributed by atoms with Crippen LogP contribution in [0.2, 0.25) is 0 Å². The molecule has 2 atom stereocenters. The second kappa shape index (κ2) is 10.4. The van der Waals surface area contributed by atoms with Gasteiger partial charge in [0.25, 0.3) is 0 Å². The summed E-state index contributed by atoms with van der Waals surface area (Å²) in [5, 5.41) is 6.97. The number of ether oxygens (including phenoxy) is 1. The monoisotopic (exact) mass is 419 g/mol. The van der Waals surface area contributed by atoms with E-state index in [9.17, 15) is 0 Å². The van der Waals surface area contributed by atoms with E-state index in [-0.39, 0.29) is 6.10 Å². The summed E-state index contributed by atoms with van der Waals surface area (Å²) < 4.78 is 8.41. The Morgan fingerprint density at radius 1 is 1.13 bits per heavy atom. The minimum Gasteiger partial charge on any atom is -0.373 e.